The fourth-order valence-electron chi connectivity index (χ4n) is 1.83. The number of aromatic nitrogens is 1. The van der Waals surface area contributed by atoms with Crippen LogP contribution in [0.2, 0.25) is 0 Å². The van der Waals surface area contributed by atoms with Crippen LogP contribution in [0.1, 0.15) is 42.0 Å². The SMILES string of the molecule is CSCC(C)NCc1cnc(C2CCC2)s1. The summed E-state index contributed by atoms with van der Waals surface area (Å²) in [5.41, 5.74) is 0. The molecule has 0 spiro atoms. The van der Waals surface area contributed by atoms with Crippen LogP contribution < -0.4 is 5.32 Å². The topological polar surface area (TPSA) is 24.9 Å². The number of hydrogen-bond donors (Lipinski definition) is 1. The third kappa shape index (κ3) is 3.22. The van der Waals surface area contributed by atoms with Gasteiger partial charge in [-0.2, -0.15) is 11.8 Å². The number of nitrogens with one attached hydrogen (secondary N) is 1. The van der Waals surface area contributed by atoms with E-state index in [4.69, 9.17) is 0 Å². The van der Waals surface area contributed by atoms with Crippen molar-refractivity contribution in [2.24, 2.45) is 0 Å². The van der Waals surface area contributed by atoms with Gasteiger partial charge in [-0.05, 0) is 26.0 Å². The van der Waals surface area contributed by atoms with E-state index in [1.54, 1.807) is 0 Å². The Morgan fingerprint density at radius 1 is 1.62 bits per heavy atom. The molecule has 1 heterocycles. The van der Waals surface area contributed by atoms with E-state index in [0.717, 1.165) is 12.5 Å². The first-order valence-electron chi connectivity index (χ1n) is 5.96. The van der Waals surface area contributed by atoms with Gasteiger partial charge in [0.05, 0.1) is 5.01 Å². The first kappa shape index (κ1) is 12.4. The summed E-state index contributed by atoms with van der Waals surface area (Å²) in [6.07, 6.45) is 8.30. The Balaban J connectivity index is 1.78. The molecule has 2 nitrogen and oxygen atoms in total. The zero-order valence-corrected chi connectivity index (χ0v) is 11.7. The molecule has 2 rings (SSSR count). The maximum atomic E-state index is 4.54. The van der Waals surface area contributed by atoms with E-state index in [9.17, 15) is 0 Å². The summed E-state index contributed by atoms with van der Waals surface area (Å²) in [6.45, 7) is 3.22. The second-order valence-corrected chi connectivity index (χ2v) is 6.59. The highest BCUT2D eigenvalue weighted by atomic mass is 32.2. The molecule has 0 bridgehead atoms. The minimum Gasteiger partial charge on any atom is -0.309 e. The maximum Gasteiger partial charge on any atom is 0.0959 e. The van der Waals surface area contributed by atoms with Crippen LogP contribution in [0.4, 0.5) is 0 Å². The van der Waals surface area contributed by atoms with Crippen molar-refractivity contribution in [3.05, 3.63) is 16.1 Å². The summed E-state index contributed by atoms with van der Waals surface area (Å²) in [7, 11) is 0. The lowest BCUT2D eigenvalue weighted by molar-refractivity contribution is 0.418. The molecule has 1 aromatic heterocycles. The monoisotopic (exact) mass is 256 g/mol. The van der Waals surface area contributed by atoms with Crippen LogP contribution in [0.15, 0.2) is 6.20 Å². The van der Waals surface area contributed by atoms with Crippen LogP contribution >= 0.6 is 23.1 Å². The Labute approximate surface area is 106 Å². The lowest BCUT2D eigenvalue weighted by Crippen LogP contribution is -2.27. The van der Waals surface area contributed by atoms with Crippen LogP contribution in [0, 0.1) is 0 Å². The highest BCUT2D eigenvalue weighted by Crippen LogP contribution is 2.38. The molecule has 1 N–H and O–H groups in total. The fraction of sp³-hybridized carbons (Fsp3) is 0.750. The molecule has 0 amide bonds. The summed E-state index contributed by atoms with van der Waals surface area (Å²) in [5, 5.41) is 4.90. The molecule has 1 fully saturated rings. The Hall–Kier alpha value is -0.0600. The van der Waals surface area contributed by atoms with Crippen molar-refractivity contribution in [2.45, 2.75) is 44.7 Å². The van der Waals surface area contributed by atoms with Gasteiger partial charge in [-0.3, -0.25) is 0 Å². The second-order valence-electron chi connectivity index (χ2n) is 4.53. The van der Waals surface area contributed by atoms with E-state index < -0.39 is 0 Å². The minimum atomic E-state index is 0.587. The molecule has 0 aliphatic heterocycles. The van der Waals surface area contributed by atoms with Gasteiger partial charge in [0, 0.05) is 35.3 Å². The highest BCUT2D eigenvalue weighted by Gasteiger charge is 2.22. The van der Waals surface area contributed by atoms with E-state index in [-0.39, 0.29) is 0 Å². The predicted molar refractivity (Wildman–Crippen MR) is 73.4 cm³/mol. The van der Waals surface area contributed by atoms with Crippen molar-refractivity contribution in [3.8, 4) is 0 Å². The van der Waals surface area contributed by atoms with Gasteiger partial charge in [0.25, 0.3) is 0 Å². The van der Waals surface area contributed by atoms with Gasteiger partial charge in [0.2, 0.25) is 0 Å². The van der Waals surface area contributed by atoms with Crippen LogP contribution in [0.3, 0.4) is 0 Å². The van der Waals surface area contributed by atoms with E-state index in [1.807, 2.05) is 23.1 Å². The Morgan fingerprint density at radius 2 is 2.44 bits per heavy atom. The largest absolute Gasteiger partial charge is 0.309 e. The van der Waals surface area contributed by atoms with Crippen molar-refractivity contribution in [3.63, 3.8) is 0 Å². The molecule has 1 aromatic rings. The van der Waals surface area contributed by atoms with Gasteiger partial charge in [-0.15, -0.1) is 11.3 Å². The molecule has 90 valence electrons. The van der Waals surface area contributed by atoms with Crippen molar-refractivity contribution in [1.29, 1.82) is 0 Å². The zero-order chi connectivity index (χ0) is 11.4. The molecular formula is C12H20N2S2. The average Bonchev–Trinajstić information content (AvgIpc) is 2.61. The van der Waals surface area contributed by atoms with Gasteiger partial charge in [0.1, 0.15) is 0 Å². The molecule has 1 aliphatic rings. The number of thiazole rings is 1. The lowest BCUT2D eigenvalue weighted by Gasteiger charge is -2.22. The van der Waals surface area contributed by atoms with Crippen LogP contribution in [-0.2, 0) is 6.54 Å². The summed E-state index contributed by atoms with van der Waals surface area (Å²) in [6, 6.07) is 0.587. The van der Waals surface area contributed by atoms with Gasteiger partial charge in [-0.1, -0.05) is 6.42 Å². The van der Waals surface area contributed by atoms with E-state index in [1.165, 1.54) is 34.9 Å². The van der Waals surface area contributed by atoms with Crippen LogP contribution in [-0.4, -0.2) is 23.0 Å². The van der Waals surface area contributed by atoms with Crippen molar-refractivity contribution in [1.82, 2.24) is 10.3 Å². The molecule has 1 aliphatic carbocycles. The quantitative estimate of drug-likeness (QED) is 0.845. The summed E-state index contributed by atoms with van der Waals surface area (Å²) in [5.74, 6) is 1.95. The highest BCUT2D eigenvalue weighted by molar-refractivity contribution is 7.98. The molecule has 4 heteroatoms. The van der Waals surface area contributed by atoms with Crippen molar-refractivity contribution < 1.29 is 0 Å². The lowest BCUT2D eigenvalue weighted by atomic mass is 9.86. The van der Waals surface area contributed by atoms with Crippen molar-refractivity contribution in [2.75, 3.05) is 12.0 Å². The Kier molecular flexibility index (Phi) is 4.67. The molecule has 0 radical (unpaired) electrons. The van der Waals surface area contributed by atoms with Crippen molar-refractivity contribution >= 4 is 23.1 Å². The van der Waals surface area contributed by atoms with Crippen LogP contribution in [0.25, 0.3) is 0 Å². The number of nitrogens with zero attached hydrogens (tertiary/aromatic N) is 1. The molecular weight excluding hydrogens is 236 g/mol. The third-order valence-electron chi connectivity index (χ3n) is 3.07. The van der Waals surface area contributed by atoms with Gasteiger partial charge >= 0.3 is 0 Å². The molecule has 0 aromatic carbocycles. The molecule has 1 unspecified atom stereocenters. The smallest absolute Gasteiger partial charge is 0.0959 e. The summed E-state index contributed by atoms with van der Waals surface area (Å²) >= 11 is 3.79. The average molecular weight is 256 g/mol. The molecule has 1 atom stereocenters. The number of thioether (sulfide) groups is 1. The standard InChI is InChI=1S/C12H20N2S2/c1-9(8-15-2)13-6-11-7-14-12(16-11)10-4-3-5-10/h7,9-10,13H,3-6,8H2,1-2H3. The Morgan fingerprint density at radius 3 is 3.06 bits per heavy atom. The second kappa shape index (κ2) is 6.03. The third-order valence-corrected chi connectivity index (χ3v) is 5.06. The minimum absolute atomic E-state index is 0.587. The van der Waals surface area contributed by atoms with Gasteiger partial charge in [-0.25, -0.2) is 4.98 Å². The number of rotatable bonds is 6. The summed E-state index contributed by atoms with van der Waals surface area (Å²) in [4.78, 5) is 5.92. The van der Waals surface area contributed by atoms with Crippen LogP contribution in [0.5, 0.6) is 0 Å². The number of hydrogen-bond acceptors (Lipinski definition) is 4. The van der Waals surface area contributed by atoms with E-state index in [2.05, 4.69) is 29.7 Å². The first-order chi connectivity index (χ1) is 7.79. The zero-order valence-electron chi connectivity index (χ0n) is 10.0. The van der Waals surface area contributed by atoms with E-state index in [0.29, 0.717) is 6.04 Å². The molecule has 16 heavy (non-hydrogen) atoms. The molecule has 1 saturated carbocycles. The normalized spacial score (nSPS) is 18.4. The fourth-order valence-corrected chi connectivity index (χ4v) is 3.49. The molecule has 0 saturated heterocycles. The predicted octanol–water partition coefficient (Wildman–Crippen LogP) is 3.25. The van der Waals surface area contributed by atoms with E-state index >= 15 is 0 Å². The van der Waals surface area contributed by atoms with Gasteiger partial charge in [0.15, 0.2) is 0 Å². The maximum absolute atomic E-state index is 4.54. The first-order valence-corrected chi connectivity index (χ1v) is 8.17. The summed E-state index contributed by atoms with van der Waals surface area (Å²) < 4.78 is 0. The Bertz CT molecular complexity index is 321. The van der Waals surface area contributed by atoms with Gasteiger partial charge < -0.3 is 5.32 Å².